The second-order valence-electron chi connectivity index (χ2n) is 3.69. The number of nitrogen functional groups attached to an aromatic ring is 1. The highest BCUT2D eigenvalue weighted by Crippen LogP contribution is 2.10. The van der Waals surface area contributed by atoms with Crippen LogP contribution in [0.25, 0.3) is 0 Å². The van der Waals surface area contributed by atoms with Gasteiger partial charge in [0.1, 0.15) is 0 Å². The van der Waals surface area contributed by atoms with E-state index < -0.39 is 0 Å². The molecule has 0 atom stereocenters. The van der Waals surface area contributed by atoms with Crippen LogP contribution in [0, 0.1) is 0 Å². The minimum Gasteiger partial charge on any atom is -0.464 e. The Morgan fingerprint density at radius 1 is 1.26 bits per heavy atom. The first-order valence-electron chi connectivity index (χ1n) is 6.03. The average Bonchev–Trinajstić information content (AvgIpc) is 2.38. The zero-order chi connectivity index (χ0) is 14.1. The van der Waals surface area contributed by atoms with Crippen molar-refractivity contribution in [3.8, 4) is 6.01 Å². The first kappa shape index (κ1) is 14.9. The van der Waals surface area contributed by atoms with Crippen LogP contribution in [-0.2, 0) is 4.79 Å². The quantitative estimate of drug-likeness (QED) is 0.270. The minimum absolute atomic E-state index is 0.199. The number of nitrogens with zero attached hydrogens (tertiary/aromatic N) is 3. The van der Waals surface area contributed by atoms with Crippen molar-refractivity contribution in [3.63, 3.8) is 0 Å². The molecule has 1 aromatic rings. The molecule has 0 aliphatic heterocycles. The average molecular weight is 269 g/mol. The minimum atomic E-state index is -0.298. The van der Waals surface area contributed by atoms with Gasteiger partial charge in [0.2, 0.25) is 17.8 Å². The van der Waals surface area contributed by atoms with E-state index in [2.05, 4.69) is 25.7 Å². The fraction of sp³-hybridized carbons (Fsp3) is 0.600. The molecule has 0 fully saturated rings. The lowest BCUT2D eigenvalue weighted by atomic mass is 10.2. The molecule has 0 spiro atoms. The summed E-state index contributed by atoms with van der Waals surface area (Å²) in [5.74, 6) is 5.54. The van der Waals surface area contributed by atoms with E-state index in [1.54, 1.807) is 0 Å². The van der Waals surface area contributed by atoms with E-state index >= 15 is 0 Å². The maximum absolute atomic E-state index is 10.6. The summed E-state index contributed by atoms with van der Waals surface area (Å²) >= 11 is 0. The fourth-order valence-electron chi connectivity index (χ4n) is 1.32. The number of carbonyl (C=O) groups excluding carboxylic acids is 1. The molecule has 0 radical (unpaired) electrons. The Morgan fingerprint density at radius 3 is 2.63 bits per heavy atom. The number of nitrogens with one attached hydrogen (secondary N) is 2. The Morgan fingerprint density at radius 2 is 2.00 bits per heavy atom. The van der Waals surface area contributed by atoms with Gasteiger partial charge in [-0.3, -0.25) is 10.2 Å². The molecule has 9 nitrogen and oxygen atoms in total. The number of carbonyl (C=O) groups is 1. The first-order chi connectivity index (χ1) is 9.15. The largest absolute Gasteiger partial charge is 0.464 e. The molecule has 9 heteroatoms. The maximum atomic E-state index is 10.6. The lowest BCUT2D eigenvalue weighted by molar-refractivity contribution is -0.118. The number of primary amides is 1. The van der Waals surface area contributed by atoms with Gasteiger partial charge in [0.25, 0.3) is 0 Å². The Hall–Kier alpha value is -2.16. The monoisotopic (exact) mass is 269 g/mol. The van der Waals surface area contributed by atoms with Crippen molar-refractivity contribution >= 4 is 17.8 Å². The molecule has 0 unspecified atom stereocenters. The van der Waals surface area contributed by atoms with Crippen molar-refractivity contribution in [3.05, 3.63) is 0 Å². The molecule has 1 amide bonds. The highest BCUT2D eigenvalue weighted by Gasteiger charge is 2.05. The molecule has 0 saturated carbocycles. The van der Waals surface area contributed by atoms with Gasteiger partial charge in [0.05, 0.1) is 6.61 Å². The first-order valence-corrected chi connectivity index (χ1v) is 6.03. The Labute approximate surface area is 111 Å². The SMILES string of the molecule is CCOc1nc(NN)nc(NCCCCC(N)=O)n1. The van der Waals surface area contributed by atoms with Crippen LogP contribution in [0.2, 0.25) is 0 Å². The number of aromatic nitrogens is 3. The number of hydrogen-bond acceptors (Lipinski definition) is 8. The fourth-order valence-corrected chi connectivity index (χ4v) is 1.32. The molecule has 1 aromatic heterocycles. The van der Waals surface area contributed by atoms with Gasteiger partial charge in [-0.25, -0.2) is 5.84 Å². The van der Waals surface area contributed by atoms with Crippen molar-refractivity contribution in [2.45, 2.75) is 26.2 Å². The van der Waals surface area contributed by atoms with Crippen LogP contribution in [0.1, 0.15) is 26.2 Å². The van der Waals surface area contributed by atoms with E-state index in [9.17, 15) is 4.79 Å². The van der Waals surface area contributed by atoms with Gasteiger partial charge in [0, 0.05) is 13.0 Å². The summed E-state index contributed by atoms with van der Waals surface area (Å²) in [5.41, 5.74) is 7.39. The Kier molecular flexibility index (Phi) is 6.30. The zero-order valence-electron chi connectivity index (χ0n) is 10.8. The second kappa shape index (κ2) is 8.03. The number of unbranched alkanes of at least 4 members (excludes halogenated alkanes) is 1. The predicted octanol–water partition coefficient (Wildman–Crippen LogP) is -0.377. The summed E-state index contributed by atoms with van der Waals surface area (Å²) < 4.78 is 5.19. The van der Waals surface area contributed by atoms with Gasteiger partial charge in [-0.2, -0.15) is 15.0 Å². The number of nitrogens with two attached hydrogens (primary N) is 2. The summed E-state index contributed by atoms with van der Waals surface area (Å²) in [4.78, 5) is 22.6. The molecule has 6 N–H and O–H groups in total. The van der Waals surface area contributed by atoms with E-state index in [1.807, 2.05) is 6.92 Å². The van der Waals surface area contributed by atoms with Crippen LogP contribution in [0.5, 0.6) is 6.01 Å². The number of anilines is 2. The van der Waals surface area contributed by atoms with Gasteiger partial charge in [-0.1, -0.05) is 0 Å². The summed E-state index contributed by atoms with van der Waals surface area (Å²) in [5, 5.41) is 3.00. The molecule has 0 aliphatic rings. The second-order valence-corrected chi connectivity index (χ2v) is 3.69. The number of amides is 1. The Bertz CT molecular complexity index is 413. The van der Waals surface area contributed by atoms with Crippen LogP contribution in [0.15, 0.2) is 0 Å². The van der Waals surface area contributed by atoms with Crippen molar-refractivity contribution in [2.24, 2.45) is 11.6 Å². The summed E-state index contributed by atoms with van der Waals surface area (Å²) in [6, 6.07) is 0.199. The van der Waals surface area contributed by atoms with Gasteiger partial charge in [-0.05, 0) is 19.8 Å². The van der Waals surface area contributed by atoms with E-state index in [0.717, 1.165) is 6.42 Å². The topological polar surface area (TPSA) is 141 Å². The number of rotatable bonds is 9. The summed E-state index contributed by atoms with van der Waals surface area (Å²) in [6.07, 6.45) is 1.87. The molecule has 0 aromatic carbocycles. The van der Waals surface area contributed by atoms with Crippen LogP contribution < -0.4 is 27.1 Å². The molecule has 0 aliphatic carbocycles. The van der Waals surface area contributed by atoms with Crippen molar-refractivity contribution in [1.82, 2.24) is 15.0 Å². The van der Waals surface area contributed by atoms with E-state index in [-0.39, 0.29) is 17.9 Å². The molecule has 1 rings (SSSR count). The van der Waals surface area contributed by atoms with Crippen LogP contribution in [0.4, 0.5) is 11.9 Å². The molecule has 106 valence electrons. The molecule has 0 saturated heterocycles. The third-order valence-electron chi connectivity index (χ3n) is 2.15. The molecule has 1 heterocycles. The van der Waals surface area contributed by atoms with Crippen molar-refractivity contribution in [1.29, 1.82) is 0 Å². The summed E-state index contributed by atoms with van der Waals surface area (Å²) in [6.45, 7) is 2.90. The van der Waals surface area contributed by atoms with Crippen LogP contribution >= 0.6 is 0 Å². The summed E-state index contributed by atoms with van der Waals surface area (Å²) in [7, 11) is 0. The number of hydrazine groups is 1. The smallest absolute Gasteiger partial charge is 0.323 e. The van der Waals surface area contributed by atoms with Gasteiger partial charge in [0.15, 0.2) is 0 Å². The van der Waals surface area contributed by atoms with Crippen molar-refractivity contribution < 1.29 is 9.53 Å². The van der Waals surface area contributed by atoms with Gasteiger partial charge >= 0.3 is 6.01 Å². The lowest BCUT2D eigenvalue weighted by Crippen LogP contribution is -2.15. The highest BCUT2D eigenvalue weighted by molar-refractivity contribution is 5.73. The number of hydrogen-bond donors (Lipinski definition) is 4. The van der Waals surface area contributed by atoms with Gasteiger partial charge in [-0.15, -0.1) is 0 Å². The third kappa shape index (κ3) is 5.82. The van der Waals surface area contributed by atoms with Crippen LogP contribution in [-0.4, -0.2) is 34.0 Å². The predicted molar refractivity (Wildman–Crippen MR) is 70.3 cm³/mol. The maximum Gasteiger partial charge on any atom is 0.323 e. The van der Waals surface area contributed by atoms with Crippen molar-refractivity contribution in [2.75, 3.05) is 23.9 Å². The molecule has 19 heavy (non-hydrogen) atoms. The normalized spacial score (nSPS) is 10.0. The molecular weight excluding hydrogens is 250 g/mol. The highest BCUT2D eigenvalue weighted by atomic mass is 16.5. The molecular formula is C10H19N7O2. The van der Waals surface area contributed by atoms with E-state index in [1.165, 1.54) is 0 Å². The standard InChI is InChI=1S/C10H19N7O2/c1-2-19-10-15-8(14-9(16-10)17-12)13-6-4-3-5-7(11)18/h2-6,12H2,1H3,(H2,11,18)(H2,13,14,15,16,17). The van der Waals surface area contributed by atoms with E-state index in [4.69, 9.17) is 16.3 Å². The number of ether oxygens (including phenoxy) is 1. The van der Waals surface area contributed by atoms with Crippen LogP contribution in [0.3, 0.4) is 0 Å². The van der Waals surface area contributed by atoms with E-state index in [0.29, 0.717) is 31.9 Å². The lowest BCUT2D eigenvalue weighted by Gasteiger charge is -2.08. The Balaban J connectivity index is 2.47. The zero-order valence-corrected chi connectivity index (χ0v) is 10.8. The molecule has 0 bridgehead atoms. The van der Waals surface area contributed by atoms with Gasteiger partial charge < -0.3 is 15.8 Å². The third-order valence-corrected chi connectivity index (χ3v) is 2.15.